The molecule has 114 valence electrons. The Hall–Kier alpha value is -2.70. The molecule has 0 bridgehead atoms. The maximum atomic E-state index is 12.5. The number of carbonyl (C=O) groups excluding carboxylic acids is 2. The fraction of sp³-hybridized carbons (Fsp3) is 0.333. The summed E-state index contributed by atoms with van der Waals surface area (Å²) in [6.07, 6.45) is 2.98. The fourth-order valence-corrected chi connectivity index (χ4v) is 3.09. The van der Waals surface area contributed by atoms with Crippen molar-refractivity contribution in [3.05, 3.63) is 40.0 Å². The molecule has 2 atom stereocenters. The molecule has 0 spiro atoms. The summed E-state index contributed by atoms with van der Waals surface area (Å²) in [6.45, 7) is 1.92. The molecular formula is C15H14N2O5. The van der Waals surface area contributed by atoms with Crippen LogP contribution in [0.5, 0.6) is 5.75 Å². The summed E-state index contributed by atoms with van der Waals surface area (Å²) >= 11 is 0. The highest BCUT2D eigenvalue weighted by molar-refractivity contribution is 6.22. The van der Waals surface area contributed by atoms with E-state index in [1.807, 2.05) is 13.0 Å². The lowest BCUT2D eigenvalue weighted by molar-refractivity contribution is -0.384. The van der Waals surface area contributed by atoms with Crippen molar-refractivity contribution < 1.29 is 19.6 Å². The topological polar surface area (TPSA) is 101 Å². The lowest BCUT2D eigenvalue weighted by Gasteiger charge is -2.18. The quantitative estimate of drug-likeness (QED) is 0.390. The number of anilines is 1. The highest BCUT2D eigenvalue weighted by Gasteiger charge is 2.49. The first-order chi connectivity index (χ1) is 10.4. The van der Waals surface area contributed by atoms with Gasteiger partial charge < -0.3 is 5.11 Å². The number of nitro groups is 1. The minimum Gasteiger partial charge on any atom is -0.505 e. The van der Waals surface area contributed by atoms with Gasteiger partial charge >= 0.3 is 0 Å². The molecule has 1 aromatic rings. The normalized spacial score (nSPS) is 24.2. The summed E-state index contributed by atoms with van der Waals surface area (Å²) in [5.41, 5.74) is 0.778. The van der Waals surface area contributed by atoms with Gasteiger partial charge in [0.15, 0.2) is 0 Å². The van der Waals surface area contributed by atoms with Crippen LogP contribution in [0.2, 0.25) is 0 Å². The number of allylic oxidation sites excluding steroid dienone is 2. The second-order valence-corrected chi connectivity index (χ2v) is 5.65. The number of nitro benzene ring substituents is 1. The molecule has 1 N–H and O–H groups in total. The lowest BCUT2D eigenvalue weighted by atomic mass is 9.82. The molecule has 2 aliphatic rings. The number of amides is 2. The molecule has 2 unspecified atom stereocenters. The van der Waals surface area contributed by atoms with Gasteiger partial charge in [0.1, 0.15) is 5.75 Å². The summed E-state index contributed by atoms with van der Waals surface area (Å²) in [4.78, 5) is 36.0. The smallest absolute Gasteiger partial charge is 0.273 e. The van der Waals surface area contributed by atoms with Gasteiger partial charge in [-0.3, -0.25) is 19.7 Å². The zero-order valence-electron chi connectivity index (χ0n) is 11.9. The number of hydrogen-bond acceptors (Lipinski definition) is 5. The molecule has 0 radical (unpaired) electrons. The van der Waals surface area contributed by atoms with E-state index in [1.165, 1.54) is 12.1 Å². The van der Waals surface area contributed by atoms with Gasteiger partial charge in [-0.25, -0.2) is 4.90 Å². The first-order valence-corrected chi connectivity index (χ1v) is 6.91. The number of fused-ring (bicyclic) bond motifs is 1. The predicted octanol–water partition coefficient (Wildman–Crippen LogP) is 2.15. The Morgan fingerprint density at radius 2 is 1.95 bits per heavy atom. The summed E-state index contributed by atoms with van der Waals surface area (Å²) < 4.78 is 0. The molecule has 1 heterocycles. The van der Waals surface area contributed by atoms with E-state index in [-0.39, 0.29) is 23.2 Å². The Morgan fingerprint density at radius 1 is 1.27 bits per heavy atom. The van der Waals surface area contributed by atoms with Crippen molar-refractivity contribution in [2.24, 2.45) is 11.8 Å². The SMILES string of the molecule is CC1=CCC2C(=O)N(c3ccc([N+](=O)[O-])cc3O)C(=O)C2C1. The molecular weight excluding hydrogens is 288 g/mol. The van der Waals surface area contributed by atoms with Gasteiger partial charge in [-0.2, -0.15) is 0 Å². The third-order valence-electron chi connectivity index (χ3n) is 4.23. The first-order valence-electron chi connectivity index (χ1n) is 6.91. The number of nitrogens with zero attached hydrogens (tertiary/aromatic N) is 2. The van der Waals surface area contributed by atoms with Crippen molar-refractivity contribution in [2.75, 3.05) is 4.90 Å². The van der Waals surface area contributed by atoms with Crippen LogP contribution in [0.3, 0.4) is 0 Å². The Labute approximate surface area is 126 Å². The van der Waals surface area contributed by atoms with E-state index in [9.17, 15) is 24.8 Å². The second-order valence-electron chi connectivity index (χ2n) is 5.65. The van der Waals surface area contributed by atoms with Crippen molar-refractivity contribution in [2.45, 2.75) is 19.8 Å². The molecule has 1 saturated heterocycles. The van der Waals surface area contributed by atoms with E-state index in [0.717, 1.165) is 16.5 Å². The molecule has 7 heteroatoms. The summed E-state index contributed by atoms with van der Waals surface area (Å²) in [7, 11) is 0. The van der Waals surface area contributed by atoms with E-state index in [2.05, 4.69) is 0 Å². The molecule has 2 amide bonds. The third-order valence-corrected chi connectivity index (χ3v) is 4.23. The number of non-ortho nitro benzene ring substituents is 1. The van der Waals surface area contributed by atoms with Crippen LogP contribution in [0.15, 0.2) is 29.8 Å². The van der Waals surface area contributed by atoms with Crippen molar-refractivity contribution in [3.63, 3.8) is 0 Å². The van der Waals surface area contributed by atoms with Crippen LogP contribution in [0.25, 0.3) is 0 Å². The molecule has 22 heavy (non-hydrogen) atoms. The van der Waals surface area contributed by atoms with Crippen molar-refractivity contribution in [3.8, 4) is 5.75 Å². The number of hydrogen-bond donors (Lipinski definition) is 1. The highest BCUT2D eigenvalue weighted by atomic mass is 16.6. The van der Waals surface area contributed by atoms with Crippen LogP contribution in [-0.4, -0.2) is 21.8 Å². The molecule has 0 saturated carbocycles. The second kappa shape index (κ2) is 4.94. The van der Waals surface area contributed by atoms with Gasteiger partial charge in [-0.1, -0.05) is 11.6 Å². The predicted molar refractivity (Wildman–Crippen MR) is 77.2 cm³/mol. The van der Waals surface area contributed by atoms with Crippen LogP contribution in [0.1, 0.15) is 19.8 Å². The average molecular weight is 302 g/mol. The molecule has 1 aliphatic carbocycles. The number of imide groups is 1. The van der Waals surface area contributed by atoms with E-state index in [1.54, 1.807) is 0 Å². The number of benzene rings is 1. The third kappa shape index (κ3) is 2.05. The molecule has 0 aromatic heterocycles. The van der Waals surface area contributed by atoms with Crippen molar-refractivity contribution >= 4 is 23.2 Å². The first kappa shape index (κ1) is 14.2. The molecule has 1 aromatic carbocycles. The standard InChI is InChI=1S/C15H14N2O5/c1-8-2-4-10-11(6-8)15(20)16(14(10)19)12-5-3-9(17(21)22)7-13(12)18/h2-3,5,7,10-11,18H,4,6H2,1H3. The number of phenolic OH excluding ortho intramolecular Hbond substituents is 1. The van der Waals surface area contributed by atoms with Crippen LogP contribution >= 0.6 is 0 Å². The highest BCUT2D eigenvalue weighted by Crippen LogP contribution is 2.42. The number of phenols is 1. The van der Waals surface area contributed by atoms with Gasteiger partial charge in [-0.15, -0.1) is 0 Å². The van der Waals surface area contributed by atoms with Gasteiger partial charge in [0.05, 0.1) is 28.5 Å². The fourth-order valence-electron chi connectivity index (χ4n) is 3.09. The van der Waals surface area contributed by atoms with Gasteiger partial charge in [0, 0.05) is 6.07 Å². The number of aromatic hydroxyl groups is 1. The Kier molecular flexibility index (Phi) is 3.20. The van der Waals surface area contributed by atoms with E-state index < -0.39 is 22.5 Å². The zero-order chi connectivity index (χ0) is 16.0. The molecule has 3 rings (SSSR count). The molecule has 1 fully saturated rings. The zero-order valence-corrected chi connectivity index (χ0v) is 11.9. The minimum atomic E-state index is -0.649. The Bertz CT molecular complexity index is 725. The maximum absolute atomic E-state index is 12.5. The van der Waals surface area contributed by atoms with Gasteiger partial charge in [0.2, 0.25) is 11.8 Å². The van der Waals surface area contributed by atoms with Crippen LogP contribution in [0, 0.1) is 22.0 Å². The largest absolute Gasteiger partial charge is 0.505 e. The van der Waals surface area contributed by atoms with E-state index in [0.29, 0.717) is 12.8 Å². The average Bonchev–Trinajstić information content (AvgIpc) is 2.71. The van der Waals surface area contributed by atoms with Crippen molar-refractivity contribution in [1.82, 2.24) is 0 Å². The van der Waals surface area contributed by atoms with Crippen LogP contribution in [0.4, 0.5) is 11.4 Å². The maximum Gasteiger partial charge on any atom is 0.273 e. The van der Waals surface area contributed by atoms with E-state index in [4.69, 9.17) is 0 Å². The molecule has 1 aliphatic heterocycles. The van der Waals surface area contributed by atoms with Gasteiger partial charge in [0.25, 0.3) is 5.69 Å². The van der Waals surface area contributed by atoms with Crippen LogP contribution in [-0.2, 0) is 9.59 Å². The monoisotopic (exact) mass is 302 g/mol. The van der Waals surface area contributed by atoms with Crippen LogP contribution < -0.4 is 4.90 Å². The van der Waals surface area contributed by atoms with E-state index >= 15 is 0 Å². The summed E-state index contributed by atoms with van der Waals surface area (Å²) in [5, 5.41) is 20.7. The minimum absolute atomic E-state index is 0.00709. The molecule has 7 nitrogen and oxygen atoms in total. The summed E-state index contributed by atoms with van der Waals surface area (Å²) in [6, 6.07) is 3.35. The Morgan fingerprint density at radius 3 is 2.59 bits per heavy atom. The van der Waals surface area contributed by atoms with Gasteiger partial charge in [-0.05, 0) is 25.8 Å². The summed E-state index contributed by atoms with van der Waals surface area (Å²) in [5.74, 6) is -1.98. The number of carbonyl (C=O) groups is 2. The Balaban J connectivity index is 1.98. The lowest BCUT2D eigenvalue weighted by Crippen LogP contribution is -2.30. The number of rotatable bonds is 2. The van der Waals surface area contributed by atoms with Crippen molar-refractivity contribution in [1.29, 1.82) is 0 Å².